The summed E-state index contributed by atoms with van der Waals surface area (Å²) in [6.45, 7) is 2.02. The summed E-state index contributed by atoms with van der Waals surface area (Å²) in [7, 11) is 2.98. The lowest BCUT2D eigenvalue weighted by atomic mass is 10.1. The zero-order valence-corrected chi connectivity index (χ0v) is 10.7. The van der Waals surface area contributed by atoms with Gasteiger partial charge in [-0.25, -0.2) is 0 Å². The van der Waals surface area contributed by atoms with Crippen LogP contribution in [0.25, 0.3) is 0 Å². The van der Waals surface area contributed by atoms with E-state index >= 15 is 0 Å². The number of rotatable bonds is 5. The summed E-state index contributed by atoms with van der Waals surface area (Å²) in [5.41, 5.74) is 0.340. The van der Waals surface area contributed by atoms with Crippen LogP contribution in [0.2, 0.25) is 0 Å². The molecule has 1 aromatic rings. The van der Waals surface area contributed by atoms with E-state index in [2.05, 4.69) is 11.4 Å². The third-order valence-corrected chi connectivity index (χ3v) is 2.44. The highest BCUT2D eigenvalue weighted by molar-refractivity contribution is 5.99. The maximum absolute atomic E-state index is 12.0. The van der Waals surface area contributed by atoms with E-state index in [9.17, 15) is 4.79 Å². The lowest BCUT2D eigenvalue weighted by Gasteiger charge is -2.13. The van der Waals surface area contributed by atoms with Crippen LogP contribution in [-0.2, 0) is 0 Å². The normalized spacial score (nSPS) is 11.2. The largest absolute Gasteiger partial charge is 0.496 e. The number of hydrogen-bond donors (Lipinski definition) is 1. The lowest BCUT2D eigenvalue weighted by Crippen LogP contribution is -2.28. The molecule has 0 bridgehead atoms. The van der Waals surface area contributed by atoms with Gasteiger partial charge in [-0.05, 0) is 19.1 Å². The van der Waals surface area contributed by atoms with Crippen LogP contribution in [0.4, 0.5) is 0 Å². The maximum atomic E-state index is 12.0. The molecule has 96 valence electrons. The Morgan fingerprint density at radius 1 is 1.39 bits per heavy atom. The van der Waals surface area contributed by atoms with Crippen molar-refractivity contribution in [2.45, 2.75) is 6.92 Å². The summed E-state index contributed by atoms with van der Waals surface area (Å²) in [5.74, 6) is 0.328. The minimum atomic E-state index is -0.314. The highest BCUT2D eigenvalue weighted by atomic mass is 16.5. The Balaban J connectivity index is 2.93. The fraction of sp³-hybridized carbons (Fsp3) is 0.385. The zero-order chi connectivity index (χ0) is 13.5. The average molecular weight is 248 g/mol. The van der Waals surface area contributed by atoms with Crippen molar-refractivity contribution in [3.63, 3.8) is 0 Å². The highest BCUT2D eigenvalue weighted by Gasteiger charge is 2.18. The molecule has 1 atom stereocenters. The standard InChI is InChI=1S/C13H16N2O3/c1-9(7-14)8-15-13(16)12-10(17-2)5-4-6-11(12)18-3/h4-6,9H,8H2,1-3H3,(H,15,16). The van der Waals surface area contributed by atoms with Crippen LogP contribution in [0.15, 0.2) is 18.2 Å². The van der Waals surface area contributed by atoms with E-state index in [1.54, 1.807) is 25.1 Å². The number of nitrogens with zero attached hydrogens (tertiary/aromatic N) is 1. The number of carbonyl (C=O) groups is 1. The number of ether oxygens (including phenoxy) is 2. The minimum absolute atomic E-state index is 0.241. The third kappa shape index (κ3) is 3.14. The smallest absolute Gasteiger partial charge is 0.258 e. The van der Waals surface area contributed by atoms with Gasteiger partial charge < -0.3 is 14.8 Å². The average Bonchev–Trinajstić information content (AvgIpc) is 2.43. The number of carbonyl (C=O) groups excluding carboxylic acids is 1. The van der Waals surface area contributed by atoms with Crippen LogP contribution >= 0.6 is 0 Å². The molecule has 5 heteroatoms. The number of benzene rings is 1. The van der Waals surface area contributed by atoms with Crippen LogP contribution in [0, 0.1) is 17.2 Å². The predicted octanol–water partition coefficient (Wildman–Crippen LogP) is 1.59. The van der Waals surface area contributed by atoms with Gasteiger partial charge in [-0.3, -0.25) is 4.79 Å². The fourth-order valence-electron chi connectivity index (χ4n) is 1.45. The van der Waals surface area contributed by atoms with Crippen LogP contribution in [-0.4, -0.2) is 26.7 Å². The minimum Gasteiger partial charge on any atom is -0.496 e. The van der Waals surface area contributed by atoms with E-state index in [1.807, 2.05) is 0 Å². The van der Waals surface area contributed by atoms with Gasteiger partial charge in [-0.15, -0.1) is 0 Å². The van der Waals surface area contributed by atoms with Crippen molar-refractivity contribution in [3.05, 3.63) is 23.8 Å². The first-order valence-electron chi connectivity index (χ1n) is 5.52. The summed E-state index contributed by atoms with van der Waals surface area (Å²) >= 11 is 0. The molecule has 0 fully saturated rings. The van der Waals surface area contributed by atoms with Crippen LogP contribution in [0.5, 0.6) is 11.5 Å². The molecule has 0 saturated carbocycles. The monoisotopic (exact) mass is 248 g/mol. The molecule has 18 heavy (non-hydrogen) atoms. The van der Waals surface area contributed by atoms with Crippen LogP contribution < -0.4 is 14.8 Å². The number of nitriles is 1. The Morgan fingerprint density at radius 2 is 1.94 bits per heavy atom. The summed E-state index contributed by atoms with van der Waals surface area (Å²) in [6, 6.07) is 7.17. The molecule has 0 aliphatic carbocycles. The first kappa shape index (κ1) is 13.8. The molecular formula is C13H16N2O3. The molecule has 0 saturated heterocycles. The van der Waals surface area contributed by atoms with Crippen molar-refractivity contribution in [1.82, 2.24) is 5.32 Å². The topological polar surface area (TPSA) is 71.3 Å². The first-order chi connectivity index (χ1) is 8.63. The van der Waals surface area contributed by atoms with Gasteiger partial charge in [0.2, 0.25) is 0 Å². The van der Waals surface area contributed by atoms with Gasteiger partial charge in [0.05, 0.1) is 26.2 Å². The summed E-state index contributed by atoms with van der Waals surface area (Å²) in [4.78, 5) is 12.0. The number of methoxy groups -OCH3 is 2. The van der Waals surface area contributed by atoms with Crippen LogP contribution in [0.3, 0.4) is 0 Å². The molecule has 1 amide bonds. The molecule has 1 N–H and O–H groups in total. The molecule has 5 nitrogen and oxygen atoms in total. The molecule has 0 radical (unpaired) electrons. The second-order valence-electron chi connectivity index (χ2n) is 3.78. The molecule has 0 aromatic heterocycles. The van der Waals surface area contributed by atoms with Crippen molar-refractivity contribution < 1.29 is 14.3 Å². The molecule has 0 spiro atoms. The lowest BCUT2D eigenvalue weighted by molar-refractivity contribution is 0.0944. The molecule has 0 heterocycles. The number of nitrogens with one attached hydrogen (secondary N) is 1. The molecular weight excluding hydrogens is 232 g/mol. The molecule has 1 unspecified atom stereocenters. The number of hydrogen-bond acceptors (Lipinski definition) is 4. The molecule has 1 aromatic carbocycles. The van der Waals surface area contributed by atoms with Crippen molar-refractivity contribution >= 4 is 5.91 Å². The molecule has 1 rings (SSSR count). The van der Waals surface area contributed by atoms with Crippen molar-refractivity contribution in [1.29, 1.82) is 5.26 Å². The van der Waals surface area contributed by atoms with Gasteiger partial charge in [0, 0.05) is 6.54 Å². The van der Waals surface area contributed by atoms with Gasteiger partial charge in [0.25, 0.3) is 5.91 Å². The Morgan fingerprint density at radius 3 is 2.39 bits per heavy atom. The van der Waals surface area contributed by atoms with E-state index in [0.29, 0.717) is 17.1 Å². The maximum Gasteiger partial charge on any atom is 0.258 e. The SMILES string of the molecule is COc1cccc(OC)c1C(=O)NCC(C)C#N. The van der Waals surface area contributed by atoms with Crippen molar-refractivity contribution in [2.75, 3.05) is 20.8 Å². The first-order valence-corrected chi connectivity index (χ1v) is 5.52. The quantitative estimate of drug-likeness (QED) is 0.859. The molecule has 0 aliphatic rings. The van der Waals surface area contributed by atoms with E-state index in [1.165, 1.54) is 14.2 Å². The second-order valence-corrected chi connectivity index (χ2v) is 3.78. The molecule has 0 aliphatic heterocycles. The summed E-state index contributed by atoms with van der Waals surface area (Å²) in [5, 5.41) is 11.3. The van der Waals surface area contributed by atoms with E-state index in [-0.39, 0.29) is 18.4 Å². The van der Waals surface area contributed by atoms with Crippen molar-refractivity contribution in [2.24, 2.45) is 5.92 Å². The predicted molar refractivity (Wildman–Crippen MR) is 66.7 cm³/mol. The van der Waals surface area contributed by atoms with E-state index in [0.717, 1.165) is 0 Å². The van der Waals surface area contributed by atoms with Gasteiger partial charge in [0.15, 0.2) is 0 Å². The Kier molecular flexibility index (Phi) is 5.00. The van der Waals surface area contributed by atoms with E-state index < -0.39 is 0 Å². The van der Waals surface area contributed by atoms with Gasteiger partial charge in [-0.2, -0.15) is 5.26 Å². The summed E-state index contributed by atoms with van der Waals surface area (Å²) in [6.07, 6.45) is 0. The van der Waals surface area contributed by atoms with Gasteiger partial charge in [0.1, 0.15) is 17.1 Å². The highest BCUT2D eigenvalue weighted by Crippen LogP contribution is 2.27. The van der Waals surface area contributed by atoms with Gasteiger partial charge in [-0.1, -0.05) is 6.07 Å². The summed E-state index contributed by atoms with van der Waals surface area (Å²) < 4.78 is 10.3. The fourth-order valence-corrected chi connectivity index (χ4v) is 1.45. The Bertz CT molecular complexity index is 444. The van der Waals surface area contributed by atoms with E-state index in [4.69, 9.17) is 14.7 Å². The second kappa shape index (κ2) is 6.50. The van der Waals surface area contributed by atoms with Crippen LogP contribution in [0.1, 0.15) is 17.3 Å². The van der Waals surface area contributed by atoms with Gasteiger partial charge >= 0.3 is 0 Å². The zero-order valence-electron chi connectivity index (χ0n) is 10.7. The Labute approximate surface area is 106 Å². The third-order valence-electron chi connectivity index (χ3n) is 2.44. The Hall–Kier alpha value is -2.22. The van der Waals surface area contributed by atoms with Crippen molar-refractivity contribution in [3.8, 4) is 17.6 Å². The number of amides is 1.